The van der Waals surface area contributed by atoms with Gasteiger partial charge in [0.05, 0.1) is 24.5 Å². The summed E-state index contributed by atoms with van der Waals surface area (Å²) in [6.07, 6.45) is 4.79. The third-order valence-corrected chi connectivity index (χ3v) is 6.42. The van der Waals surface area contributed by atoms with Gasteiger partial charge in [0, 0.05) is 42.5 Å². The van der Waals surface area contributed by atoms with E-state index >= 15 is 0 Å². The second-order valence-electron chi connectivity index (χ2n) is 8.73. The number of primary amides is 1. The zero-order valence-electron chi connectivity index (χ0n) is 19.9. The van der Waals surface area contributed by atoms with Gasteiger partial charge in [0.2, 0.25) is 11.8 Å². The standard InChI is InChI=1S/C25H23FN8O3/c1-32(18-5-7-28-8-6-18)25(37)21-11-17(26)13-33(21)22(35)14-34-20-3-2-15(16-4-9-29-30-12-16)10-19(20)23(31-34)24(27)36/h2-10,12,17,21H,11,13-14H2,1H3,(H2,27,36)/t17-,21+/m1/s1. The van der Waals surface area contributed by atoms with E-state index in [4.69, 9.17) is 5.73 Å². The number of amides is 3. The smallest absolute Gasteiger partial charge is 0.269 e. The molecule has 1 aliphatic rings. The fourth-order valence-corrected chi connectivity index (χ4v) is 4.55. The summed E-state index contributed by atoms with van der Waals surface area (Å²) in [4.78, 5) is 45.2. The summed E-state index contributed by atoms with van der Waals surface area (Å²) >= 11 is 0. The van der Waals surface area contributed by atoms with Gasteiger partial charge in [-0.1, -0.05) is 6.07 Å². The van der Waals surface area contributed by atoms with Crippen molar-refractivity contribution in [3.63, 3.8) is 0 Å². The number of nitrogens with two attached hydrogens (primary N) is 1. The van der Waals surface area contributed by atoms with Crippen LogP contribution < -0.4 is 10.6 Å². The summed E-state index contributed by atoms with van der Waals surface area (Å²) in [5.74, 6) is -1.65. The third kappa shape index (κ3) is 4.60. The van der Waals surface area contributed by atoms with E-state index in [0.717, 1.165) is 11.1 Å². The zero-order valence-corrected chi connectivity index (χ0v) is 19.9. The topological polar surface area (TPSA) is 140 Å². The summed E-state index contributed by atoms with van der Waals surface area (Å²) in [5, 5.41) is 12.4. The Labute approximate surface area is 210 Å². The number of alkyl halides is 1. The lowest BCUT2D eigenvalue weighted by molar-refractivity contribution is -0.138. The molecule has 0 spiro atoms. The van der Waals surface area contributed by atoms with Crippen molar-refractivity contribution in [3.8, 4) is 11.1 Å². The van der Waals surface area contributed by atoms with Gasteiger partial charge in [0.25, 0.3) is 5.91 Å². The molecule has 3 amide bonds. The number of hydrogen-bond donors (Lipinski definition) is 1. The number of carbonyl (C=O) groups is 3. The molecule has 4 aromatic rings. The highest BCUT2D eigenvalue weighted by atomic mass is 19.1. The maximum absolute atomic E-state index is 14.4. The van der Waals surface area contributed by atoms with Gasteiger partial charge in [-0.15, -0.1) is 0 Å². The molecular formula is C25H23FN8O3. The van der Waals surface area contributed by atoms with Gasteiger partial charge < -0.3 is 15.5 Å². The minimum absolute atomic E-state index is 0.00139. The molecular weight excluding hydrogens is 479 g/mol. The second-order valence-corrected chi connectivity index (χ2v) is 8.73. The van der Waals surface area contributed by atoms with E-state index in [2.05, 4.69) is 20.3 Å². The van der Waals surface area contributed by atoms with Crippen molar-refractivity contribution >= 4 is 34.3 Å². The molecule has 0 radical (unpaired) electrons. The number of pyridine rings is 1. The summed E-state index contributed by atoms with van der Waals surface area (Å²) in [6, 6.07) is 9.38. The molecule has 1 aliphatic heterocycles. The average molecular weight is 503 g/mol. The van der Waals surface area contributed by atoms with E-state index in [9.17, 15) is 18.8 Å². The molecule has 5 rings (SSSR count). The molecule has 2 atom stereocenters. The summed E-state index contributed by atoms with van der Waals surface area (Å²) < 4.78 is 15.8. The number of aromatic nitrogens is 5. The first-order chi connectivity index (χ1) is 17.8. The van der Waals surface area contributed by atoms with E-state index < -0.39 is 29.9 Å². The van der Waals surface area contributed by atoms with Crippen LogP contribution in [0.1, 0.15) is 16.9 Å². The fourth-order valence-electron chi connectivity index (χ4n) is 4.55. The molecule has 1 fully saturated rings. The minimum atomic E-state index is -1.34. The summed E-state index contributed by atoms with van der Waals surface area (Å²) in [5.41, 5.74) is 8.20. The molecule has 37 heavy (non-hydrogen) atoms. The van der Waals surface area contributed by atoms with Crippen molar-refractivity contribution in [1.29, 1.82) is 0 Å². The Balaban J connectivity index is 1.43. The van der Waals surface area contributed by atoms with Crippen molar-refractivity contribution in [2.24, 2.45) is 5.73 Å². The monoisotopic (exact) mass is 502 g/mol. The first-order valence-corrected chi connectivity index (χ1v) is 11.5. The van der Waals surface area contributed by atoms with Crippen molar-refractivity contribution in [2.45, 2.75) is 25.2 Å². The third-order valence-electron chi connectivity index (χ3n) is 6.42. The maximum atomic E-state index is 14.4. The maximum Gasteiger partial charge on any atom is 0.269 e. The molecule has 1 saturated heterocycles. The Morgan fingerprint density at radius 3 is 2.57 bits per heavy atom. The largest absolute Gasteiger partial charge is 0.364 e. The first-order valence-electron chi connectivity index (χ1n) is 11.5. The second kappa shape index (κ2) is 9.72. The van der Waals surface area contributed by atoms with Crippen molar-refractivity contribution in [2.75, 3.05) is 18.5 Å². The molecule has 0 aliphatic carbocycles. The van der Waals surface area contributed by atoms with Crippen LogP contribution in [-0.4, -0.2) is 73.4 Å². The molecule has 4 heterocycles. The van der Waals surface area contributed by atoms with Crippen LogP contribution in [0.2, 0.25) is 0 Å². The van der Waals surface area contributed by atoms with Crippen LogP contribution in [0, 0.1) is 0 Å². The van der Waals surface area contributed by atoms with Gasteiger partial charge in [-0.2, -0.15) is 15.3 Å². The van der Waals surface area contributed by atoms with Crippen LogP contribution in [0.3, 0.4) is 0 Å². The number of likely N-dealkylation sites (tertiary alicyclic amines) is 1. The fraction of sp³-hybridized carbons (Fsp3) is 0.240. The summed E-state index contributed by atoms with van der Waals surface area (Å²) in [7, 11) is 1.57. The number of carbonyl (C=O) groups excluding carboxylic acids is 3. The van der Waals surface area contributed by atoms with Crippen LogP contribution in [-0.2, 0) is 16.1 Å². The Hall–Kier alpha value is -4.74. The molecule has 3 aromatic heterocycles. The van der Waals surface area contributed by atoms with Crippen LogP contribution in [0.5, 0.6) is 0 Å². The highest BCUT2D eigenvalue weighted by molar-refractivity contribution is 6.05. The molecule has 12 heteroatoms. The van der Waals surface area contributed by atoms with Crippen LogP contribution in [0.4, 0.5) is 10.1 Å². The highest BCUT2D eigenvalue weighted by Crippen LogP contribution is 2.28. The van der Waals surface area contributed by atoms with Gasteiger partial charge in [-0.25, -0.2) is 4.39 Å². The summed E-state index contributed by atoms with van der Waals surface area (Å²) in [6.45, 7) is -0.504. The van der Waals surface area contributed by atoms with Gasteiger partial charge in [0.15, 0.2) is 5.69 Å². The van der Waals surface area contributed by atoms with E-state index in [1.165, 1.54) is 14.5 Å². The van der Waals surface area contributed by atoms with Gasteiger partial charge in [-0.3, -0.25) is 24.0 Å². The minimum Gasteiger partial charge on any atom is -0.364 e. The number of likely N-dealkylation sites (N-methyl/N-ethyl adjacent to an activating group) is 1. The van der Waals surface area contributed by atoms with Crippen molar-refractivity contribution in [3.05, 3.63) is 66.9 Å². The number of rotatable bonds is 6. The van der Waals surface area contributed by atoms with Gasteiger partial charge in [0.1, 0.15) is 18.8 Å². The molecule has 188 valence electrons. The normalized spacial score (nSPS) is 17.2. The molecule has 0 unspecified atom stereocenters. The molecule has 1 aromatic carbocycles. The predicted molar refractivity (Wildman–Crippen MR) is 132 cm³/mol. The molecule has 11 nitrogen and oxygen atoms in total. The average Bonchev–Trinajstić information content (AvgIpc) is 3.49. The Morgan fingerprint density at radius 2 is 1.86 bits per heavy atom. The predicted octanol–water partition coefficient (Wildman–Crippen LogP) is 1.59. The van der Waals surface area contributed by atoms with Gasteiger partial charge in [-0.05, 0) is 35.9 Å². The number of anilines is 1. The van der Waals surface area contributed by atoms with Crippen molar-refractivity contribution < 1.29 is 18.8 Å². The SMILES string of the molecule is CN(C(=O)[C@@H]1C[C@@H](F)CN1C(=O)Cn1nc(C(N)=O)c2cc(-c3ccnnc3)ccc21)c1ccncc1. The number of fused-ring (bicyclic) bond motifs is 1. The number of benzene rings is 1. The van der Waals surface area contributed by atoms with E-state index in [1.807, 2.05) is 0 Å². The Bertz CT molecular complexity index is 1480. The Morgan fingerprint density at radius 1 is 1.08 bits per heavy atom. The lowest BCUT2D eigenvalue weighted by atomic mass is 10.0. The molecule has 0 saturated carbocycles. The van der Waals surface area contributed by atoms with E-state index in [1.54, 1.807) is 68.2 Å². The zero-order chi connectivity index (χ0) is 26.1. The Kier molecular flexibility index (Phi) is 6.30. The molecule has 0 bridgehead atoms. The number of nitrogens with zero attached hydrogens (tertiary/aromatic N) is 7. The van der Waals surface area contributed by atoms with E-state index in [0.29, 0.717) is 16.6 Å². The lowest BCUT2D eigenvalue weighted by Crippen LogP contribution is -2.47. The van der Waals surface area contributed by atoms with Crippen LogP contribution in [0.25, 0.3) is 22.0 Å². The van der Waals surface area contributed by atoms with Crippen LogP contribution in [0.15, 0.2) is 61.2 Å². The first kappa shape index (κ1) is 24.0. The number of hydrogen-bond acceptors (Lipinski definition) is 7. The highest BCUT2D eigenvalue weighted by Gasteiger charge is 2.41. The van der Waals surface area contributed by atoms with Crippen molar-refractivity contribution in [1.82, 2.24) is 29.9 Å². The molecule has 2 N–H and O–H groups in total. The van der Waals surface area contributed by atoms with Gasteiger partial charge >= 0.3 is 0 Å². The number of halogens is 1. The lowest BCUT2D eigenvalue weighted by Gasteiger charge is -2.27. The van der Waals surface area contributed by atoms with E-state index in [-0.39, 0.29) is 25.2 Å². The van der Waals surface area contributed by atoms with Crippen LogP contribution >= 0.6 is 0 Å². The quantitative estimate of drug-likeness (QED) is 0.422.